The van der Waals surface area contributed by atoms with Gasteiger partial charge in [-0.25, -0.2) is 0 Å². The molecule has 0 aliphatic carbocycles. The van der Waals surface area contributed by atoms with Crippen molar-refractivity contribution < 1.29 is 19.7 Å². The lowest BCUT2D eigenvalue weighted by atomic mass is 10.5. The Hall–Kier alpha value is -0.160. The van der Waals surface area contributed by atoms with Gasteiger partial charge in [0.15, 0.2) is 12.6 Å². The summed E-state index contributed by atoms with van der Waals surface area (Å²) in [5.74, 6) is 0. The monoisotopic (exact) mass is 166 g/mol. The second kappa shape index (κ2) is 9.84. The predicted molar refractivity (Wildman–Crippen MR) is 42.0 cm³/mol. The SMILES string of the molecule is CCC(O)OC.COC(C)O. The average Bonchev–Trinajstić information content (AvgIpc) is 2.04. The van der Waals surface area contributed by atoms with E-state index in [4.69, 9.17) is 10.2 Å². The van der Waals surface area contributed by atoms with E-state index < -0.39 is 12.6 Å². The van der Waals surface area contributed by atoms with Crippen LogP contribution in [0.1, 0.15) is 20.3 Å². The molecule has 0 heterocycles. The average molecular weight is 166 g/mol. The van der Waals surface area contributed by atoms with Crippen molar-refractivity contribution in [2.45, 2.75) is 32.8 Å². The molecule has 2 unspecified atom stereocenters. The van der Waals surface area contributed by atoms with Crippen LogP contribution in [0, 0.1) is 0 Å². The van der Waals surface area contributed by atoms with E-state index >= 15 is 0 Å². The van der Waals surface area contributed by atoms with E-state index in [2.05, 4.69) is 9.47 Å². The normalized spacial score (nSPS) is 14.7. The van der Waals surface area contributed by atoms with Crippen molar-refractivity contribution in [3.8, 4) is 0 Å². The summed E-state index contributed by atoms with van der Waals surface area (Å²) in [5, 5.41) is 16.6. The van der Waals surface area contributed by atoms with Crippen molar-refractivity contribution >= 4 is 0 Å². The van der Waals surface area contributed by atoms with E-state index in [1.165, 1.54) is 14.2 Å². The second-order valence-corrected chi connectivity index (χ2v) is 1.93. The molecule has 0 aliphatic heterocycles. The molecule has 0 saturated carbocycles. The van der Waals surface area contributed by atoms with Crippen LogP contribution in [0.5, 0.6) is 0 Å². The van der Waals surface area contributed by atoms with Crippen LogP contribution < -0.4 is 0 Å². The molecule has 0 radical (unpaired) electrons. The van der Waals surface area contributed by atoms with Crippen molar-refractivity contribution in [2.24, 2.45) is 0 Å². The Kier molecular flexibility index (Phi) is 12.0. The summed E-state index contributed by atoms with van der Waals surface area (Å²) in [4.78, 5) is 0. The Labute approximate surface area is 67.8 Å². The van der Waals surface area contributed by atoms with Gasteiger partial charge in [-0.3, -0.25) is 0 Å². The Bertz CT molecular complexity index is 61.5. The largest absolute Gasteiger partial charge is 0.368 e. The molecule has 0 bridgehead atoms. The maximum atomic E-state index is 8.44. The first-order chi connectivity index (χ1) is 5.08. The summed E-state index contributed by atoms with van der Waals surface area (Å²) in [7, 11) is 2.93. The molecule has 4 nitrogen and oxygen atoms in total. The molecule has 2 N–H and O–H groups in total. The minimum absolute atomic E-state index is 0.565. The maximum Gasteiger partial charge on any atom is 0.153 e. The van der Waals surface area contributed by atoms with E-state index in [9.17, 15) is 0 Å². The van der Waals surface area contributed by atoms with Crippen molar-refractivity contribution in [1.82, 2.24) is 0 Å². The number of methoxy groups -OCH3 is 2. The van der Waals surface area contributed by atoms with E-state index in [-0.39, 0.29) is 0 Å². The summed E-state index contributed by atoms with van der Waals surface area (Å²) in [6.45, 7) is 3.41. The van der Waals surface area contributed by atoms with Crippen LogP contribution in [0.25, 0.3) is 0 Å². The molecule has 0 aromatic rings. The fourth-order valence-corrected chi connectivity index (χ4v) is 0.167. The van der Waals surface area contributed by atoms with Crippen LogP contribution in [-0.2, 0) is 9.47 Å². The lowest BCUT2D eigenvalue weighted by Gasteiger charge is -2.00. The van der Waals surface area contributed by atoms with Crippen molar-refractivity contribution in [2.75, 3.05) is 14.2 Å². The molecular formula is C7H18O4. The number of ether oxygens (including phenoxy) is 2. The first kappa shape index (κ1) is 13.4. The Morgan fingerprint density at radius 2 is 1.55 bits per heavy atom. The van der Waals surface area contributed by atoms with Gasteiger partial charge in [0, 0.05) is 14.2 Å². The smallest absolute Gasteiger partial charge is 0.153 e. The fourth-order valence-electron chi connectivity index (χ4n) is 0.167. The minimum atomic E-state index is -0.616. The number of hydrogen-bond donors (Lipinski definition) is 2. The van der Waals surface area contributed by atoms with Gasteiger partial charge >= 0.3 is 0 Å². The lowest BCUT2D eigenvalue weighted by Crippen LogP contribution is -2.05. The Morgan fingerprint density at radius 1 is 1.18 bits per heavy atom. The maximum absolute atomic E-state index is 8.44. The molecule has 0 saturated heterocycles. The van der Waals surface area contributed by atoms with Gasteiger partial charge in [0.25, 0.3) is 0 Å². The van der Waals surface area contributed by atoms with Crippen molar-refractivity contribution in [3.05, 3.63) is 0 Å². The number of hydrogen-bond acceptors (Lipinski definition) is 4. The van der Waals surface area contributed by atoms with Crippen LogP contribution in [-0.4, -0.2) is 37.0 Å². The predicted octanol–water partition coefficient (Wildman–Crippen LogP) is 0.332. The third-order valence-corrected chi connectivity index (χ3v) is 0.962. The summed E-state index contributed by atoms with van der Waals surface area (Å²) >= 11 is 0. The molecule has 0 aromatic carbocycles. The van der Waals surface area contributed by atoms with Crippen LogP contribution in [0.2, 0.25) is 0 Å². The van der Waals surface area contributed by atoms with Gasteiger partial charge in [0.1, 0.15) is 0 Å². The van der Waals surface area contributed by atoms with Crippen molar-refractivity contribution in [1.29, 1.82) is 0 Å². The van der Waals surface area contributed by atoms with Crippen LogP contribution in [0.3, 0.4) is 0 Å². The topological polar surface area (TPSA) is 58.9 Å². The zero-order valence-corrected chi connectivity index (χ0v) is 7.57. The zero-order valence-electron chi connectivity index (χ0n) is 7.57. The molecule has 70 valence electrons. The molecular weight excluding hydrogens is 148 g/mol. The summed E-state index contributed by atoms with van der Waals surface area (Å²) in [5.41, 5.74) is 0. The van der Waals surface area contributed by atoms with Crippen LogP contribution >= 0.6 is 0 Å². The number of rotatable bonds is 3. The van der Waals surface area contributed by atoms with E-state index in [1.807, 2.05) is 6.92 Å². The third-order valence-electron chi connectivity index (χ3n) is 0.962. The molecule has 0 amide bonds. The standard InChI is InChI=1S/C4H10O2.C3H8O2/c1-3-4(5)6-2;1-3(4)5-2/h4-5H,3H2,1-2H3;3-4H,1-2H3. The summed E-state index contributed by atoms with van der Waals surface area (Å²) in [6.07, 6.45) is -0.517. The highest BCUT2D eigenvalue weighted by molar-refractivity contribution is 4.26. The first-order valence-electron chi connectivity index (χ1n) is 3.50. The van der Waals surface area contributed by atoms with Gasteiger partial charge in [-0.1, -0.05) is 6.92 Å². The highest BCUT2D eigenvalue weighted by atomic mass is 16.6. The van der Waals surface area contributed by atoms with Gasteiger partial charge in [-0.2, -0.15) is 0 Å². The summed E-state index contributed by atoms with van der Waals surface area (Å²) < 4.78 is 8.76. The number of aliphatic hydroxyl groups excluding tert-OH is 2. The molecule has 11 heavy (non-hydrogen) atoms. The fraction of sp³-hybridized carbons (Fsp3) is 1.00. The van der Waals surface area contributed by atoms with Gasteiger partial charge in [-0.15, -0.1) is 0 Å². The van der Waals surface area contributed by atoms with Gasteiger partial charge in [-0.05, 0) is 13.3 Å². The molecule has 0 aromatic heterocycles. The summed E-state index contributed by atoms with van der Waals surface area (Å²) in [6, 6.07) is 0. The van der Waals surface area contributed by atoms with E-state index in [1.54, 1.807) is 6.92 Å². The molecule has 2 atom stereocenters. The third kappa shape index (κ3) is 17.7. The van der Waals surface area contributed by atoms with Crippen molar-refractivity contribution in [3.63, 3.8) is 0 Å². The quantitative estimate of drug-likeness (QED) is 0.593. The second-order valence-electron chi connectivity index (χ2n) is 1.93. The zero-order chi connectivity index (χ0) is 9.28. The Morgan fingerprint density at radius 3 is 1.55 bits per heavy atom. The molecule has 0 fully saturated rings. The first-order valence-corrected chi connectivity index (χ1v) is 3.50. The highest BCUT2D eigenvalue weighted by Crippen LogP contribution is 1.85. The van der Waals surface area contributed by atoms with Gasteiger partial charge in [0.05, 0.1) is 0 Å². The lowest BCUT2D eigenvalue weighted by molar-refractivity contribution is -0.0748. The van der Waals surface area contributed by atoms with Gasteiger partial charge in [0.2, 0.25) is 0 Å². The Balaban J connectivity index is 0. The molecule has 4 heteroatoms. The van der Waals surface area contributed by atoms with E-state index in [0.717, 1.165) is 0 Å². The molecule has 0 rings (SSSR count). The number of aliphatic hydroxyl groups is 2. The van der Waals surface area contributed by atoms with Gasteiger partial charge < -0.3 is 19.7 Å². The molecule has 0 aliphatic rings. The van der Waals surface area contributed by atoms with E-state index in [0.29, 0.717) is 6.42 Å². The van der Waals surface area contributed by atoms with Crippen LogP contribution in [0.15, 0.2) is 0 Å². The van der Waals surface area contributed by atoms with Crippen LogP contribution in [0.4, 0.5) is 0 Å². The minimum Gasteiger partial charge on any atom is -0.368 e. The molecule has 0 spiro atoms. The highest BCUT2D eigenvalue weighted by Gasteiger charge is 1.90.